The molecule has 1 fully saturated rings. The van der Waals surface area contributed by atoms with E-state index in [-0.39, 0.29) is 5.25 Å². The molecule has 3 rings (SSSR count). The summed E-state index contributed by atoms with van der Waals surface area (Å²) in [5.41, 5.74) is 3.30. The van der Waals surface area contributed by atoms with Crippen LogP contribution in [0.15, 0.2) is 42.5 Å². The lowest BCUT2D eigenvalue weighted by Gasteiger charge is -2.26. The second kappa shape index (κ2) is 11.4. The molecule has 2 nitrogen and oxygen atoms in total. The van der Waals surface area contributed by atoms with Crippen LogP contribution in [-0.4, -0.2) is 42.6 Å². The summed E-state index contributed by atoms with van der Waals surface area (Å²) in [6, 6.07) is 11.4. The van der Waals surface area contributed by atoms with Crippen LogP contribution >= 0.6 is 11.8 Å². The van der Waals surface area contributed by atoms with E-state index >= 15 is 0 Å². The minimum atomic E-state index is -4.32. The molecule has 2 aromatic carbocycles. The van der Waals surface area contributed by atoms with Crippen molar-refractivity contribution in [3.05, 3.63) is 66.1 Å². The van der Waals surface area contributed by atoms with E-state index in [0.29, 0.717) is 13.2 Å². The second-order valence-corrected chi connectivity index (χ2v) is 9.21. The molecule has 1 heterocycles. The van der Waals surface area contributed by atoms with Crippen LogP contribution in [0.2, 0.25) is 0 Å². The molecule has 6 heteroatoms. The van der Waals surface area contributed by atoms with Gasteiger partial charge in [-0.1, -0.05) is 30.7 Å². The number of likely N-dealkylation sites (tertiary alicyclic amines) is 1. The summed E-state index contributed by atoms with van der Waals surface area (Å²) < 4.78 is 44.6. The number of halogens is 3. The number of ether oxygens (including phenoxy) is 1. The number of hydrogen-bond donors (Lipinski definition) is 0. The van der Waals surface area contributed by atoms with Crippen LogP contribution in [0, 0.1) is 6.92 Å². The molecule has 1 aliphatic rings. The number of alkyl halides is 3. The lowest BCUT2D eigenvalue weighted by molar-refractivity contribution is -0.137. The molecule has 0 amide bonds. The highest BCUT2D eigenvalue weighted by atomic mass is 32.2. The Morgan fingerprint density at radius 2 is 1.68 bits per heavy atom. The molecule has 0 aromatic heterocycles. The van der Waals surface area contributed by atoms with Gasteiger partial charge in [-0.2, -0.15) is 24.9 Å². The van der Waals surface area contributed by atoms with E-state index in [1.165, 1.54) is 37.0 Å². The van der Waals surface area contributed by atoms with Crippen molar-refractivity contribution < 1.29 is 17.9 Å². The van der Waals surface area contributed by atoms with Crippen molar-refractivity contribution >= 4 is 11.8 Å². The lowest BCUT2D eigenvalue weighted by atomic mass is 9.96. The number of nitrogens with zero attached hydrogens (tertiary/aromatic N) is 1. The first-order valence-electron chi connectivity index (χ1n) is 10.8. The van der Waals surface area contributed by atoms with Gasteiger partial charge in [0.05, 0.1) is 18.8 Å². The summed E-state index contributed by atoms with van der Waals surface area (Å²) in [6.07, 6.45) is 2.40. The van der Waals surface area contributed by atoms with Crippen LogP contribution < -0.4 is 0 Å². The highest BCUT2D eigenvalue weighted by Crippen LogP contribution is 2.32. The molecule has 0 N–H and O–H groups in total. The Balaban J connectivity index is 1.71. The van der Waals surface area contributed by atoms with Crippen LogP contribution in [0.5, 0.6) is 0 Å². The van der Waals surface area contributed by atoms with Gasteiger partial charge in [-0.25, -0.2) is 0 Å². The van der Waals surface area contributed by atoms with E-state index in [0.717, 1.165) is 54.9 Å². The molecular weight excluding hydrogens is 419 g/mol. The fourth-order valence-corrected chi connectivity index (χ4v) is 4.22. The van der Waals surface area contributed by atoms with Gasteiger partial charge in [0.1, 0.15) is 0 Å². The van der Waals surface area contributed by atoms with Crippen molar-refractivity contribution in [2.45, 2.75) is 43.7 Å². The zero-order valence-electron chi connectivity index (χ0n) is 18.1. The van der Waals surface area contributed by atoms with Crippen LogP contribution in [0.1, 0.15) is 36.0 Å². The van der Waals surface area contributed by atoms with Crippen molar-refractivity contribution in [1.29, 1.82) is 0 Å². The third-order valence-corrected chi connectivity index (χ3v) is 6.62. The van der Waals surface area contributed by atoms with Crippen LogP contribution in [0.4, 0.5) is 13.2 Å². The summed E-state index contributed by atoms with van der Waals surface area (Å²) in [5.74, 6) is 0. The Labute approximate surface area is 188 Å². The third kappa shape index (κ3) is 7.26. The van der Waals surface area contributed by atoms with Gasteiger partial charge in [-0.3, -0.25) is 0 Å². The van der Waals surface area contributed by atoms with Crippen LogP contribution in [0.25, 0.3) is 11.1 Å². The van der Waals surface area contributed by atoms with Gasteiger partial charge in [-0.15, -0.1) is 0 Å². The fourth-order valence-electron chi connectivity index (χ4n) is 3.88. The molecule has 2 aromatic rings. The molecule has 169 valence electrons. The molecule has 1 unspecified atom stereocenters. The largest absolute Gasteiger partial charge is 0.416 e. The number of rotatable bonds is 9. The Bertz CT molecular complexity index is 817. The molecular formula is C25H31F3NOS. The van der Waals surface area contributed by atoms with E-state index in [2.05, 4.69) is 17.9 Å². The van der Waals surface area contributed by atoms with E-state index in [9.17, 15) is 13.2 Å². The summed E-state index contributed by atoms with van der Waals surface area (Å²) in [7, 11) is 0. The molecule has 31 heavy (non-hydrogen) atoms. The number of piperidine rings is 1. The quantitative estimate of drug-likeness (QED) is 0.406. The predicted molar refractivity (Wildman–Crippen MR) is 123 cm³/mol. The van der Waals surface area contributed by atoms with E-state index in [1.54, 1.807) is 11.8 Å². The van der Waals surface area contributed by atoms with Crippen LogP contribution in [0.3, 0.4) is 0 Å². The lowest BCUT2D eigenvalue weighted by Crippen LogP contribution is -2.32. The first kappa shape index (κ1) is 24.1. The maximum atomic E-state index is 12.9. The maximum absolute atomic E-state index is 12.9. The Morgan fingerprint density at radius 1 is 1.00 bits per heavy atom. The topological polar surface area (TPSA) is 12.5 Å². The normalized spacial score (nSPS) is 16.4. The predicted octanol–water partition coefficient (Wildman–Crippen LogP) is 6.48. The molecule has 1 radical (unpaired) electrons. The average Bonchev–Trinajstić information content (AvgIpc) is 2.77. The zero-order chi connectivity index (χ0) is 22.3. The van der Waals surface area contributed by atoms with Gasteiger partial charge >= 0.3 is 6.18 Å². The highest BCUT2D eigenvalue weighted by Gasteiger charge is 2.30. The number of benzene rings is 2. The molecule has 1 atom stereocenters. The summed E-state index contributed by atoms with van der Waals surface area (Å²) >= 11 is 1.71. The molecule has 1 saturated heterocycles. The Morgan fingerprint density at radius 3 is 2.32 bits per heavy atom. The molecule has 1 aliphatic heterocycles. The second-order valence-electron chi connectivity index (χ2n) is 8.08. The zero-order valence-corrected chi connectivity index (χ0v) is 18.9. The van der Waals surface area contributed by atoms with Gasteiger partial charge in [0.2, 0.25) is 0 Å². The SMILES string of the molecule is [CH2]C(Cc1ccc(-c2ccc(C(F)(F)F)cc2)cc1COCCN1CCCCC1)SC. The first-order valence-corrected chi connectivity index (χ1v) is 12.1. The fraction of sp³-hybridized carbons (Fsp3) is 0.480. The summed E-state index contributed by atoms with van der Waals surface area (Å²) in [5, 5.41) is 0.240. The van der Waals surface area contributed by atoms with Gasteiger partial charge in [0.15, 0.2) is 0 Å². The molecule has 0 bridgehead atoms. The monoisotopic (exact) mass is 450 g/mol. The number of thioether (sulfide) groups is 1. The van der Waals surface area contributed by atoms with Crippen molar-refractivity contribution in [2.75, 3.05) is 32.5 Å². The number of hydrogen-bond acceptors (Lipinski definition) is 3. The van der Waals surface area contributed by atoms with Gasteiger partial charge in [0.25, 0.3) is 0 Å². The minimum Gasteiger partial charge on any atom is -0.375 e. The van der Waals surface area contributed by atoms with Crippen molar-refractivity contribution in [3.8, 4) is 11.1 Å². The third-order valence-electron chi connectivity index (χ3n) is 5.79. The summed E-state index contributed by atoms with van der Waals surface area (Å²) in [6.45, 7) is 8.59. The van der Waals surface area contributed by atoms with E-state index < -0.39 is 11.7 Å². The smallest absolute Gasteiger partial charge is 0.375 e. The standard InChI is InChI=1S/C25H31F3NOS/c1-19(31-2)16-21-6-7-22(20-8-10-24(11-9-20)25(26,27)28)17-23(21)18-30-15-14-29-12-4-3-5-13-29/h6-11,17,19H,1,3-5,12-16,18H2,2H3. The van der Waals surface area contributed by atoms with E-state index in [4.69, 9.17) is 4.74 Å². The van der Waals surface area contributed by atoms with Crippen molar-refractivity contribution in [1.82, 2.24) is 4.90 Å². The average molecular weight is 451 g/mol. The maximum Gasteiger partial charge on any atom is 0.416 e. The molecule has 0 saturated carbocycles. The van der Waals surface area contributed by atoms with Gasteiger partial charge < -0.3 is 9.64 Å². The Hall–Kier alpha value is -1.50. The van der Waals surface area contributed by atoms with Crippen LogP contribution in [-0.2, 0) is 23.9 Å². The van der Waals surface area contributed by atoms with Crippen molar-refractivity contribution in [2.24, 2.45) is 0 Å². The molecule has 0 spiro atoms. The highest BCUT2D eigenvalue weighted by molar-refractivity contribution is 7.99. The van der Waals surface area contributed by atoms with Crippen molar-refractivity contribution in [3.63, 3.8) is 0 Å². The minimum absolute atomic E-state index is 0.240. The first-order chi connectivity index (χ1) is 14.9. The summed E-state index contributed by atoms with van der Waals surface area (Å²) in [4.78, 5) is 2.45. The molecule has 0 aliphatic carbocycles. The van der Waals surface area contributed by atoms with Gasteiger partial charge in [0, 0.05) is 11.8 Å². The van der Waals surface area contributed by atoms with Gasteiger partial charge in [-0.05, 0) is 86.0 Å². The van der Waals surface area contributed by atoms with E-state index in [1.807, 2.05) is 18.4 Å². The Kier molecular flexibility index (Phi) is 8.87.